The lowest BCUT2D eigenvalue weighted by Gasteiger charge is -2.28. The number of nitrogens with zero attached hydrogens (tertiary/aromatic N) is 2. The van der Waals surface area contributed by atoms with Crippen LogP contribution < -0.4 is 15.5 Å². The zero-order chi connectivity index (χ0) is 19.6. The summed E-state index contributed by atoms with van der Waals surface area (Å²) >= 11 is 0. The molecule has 3 rings (SSSR count). The molecule has 2 fully saturated rings. The summed E-state index contributed by atoms with van der Waals surface area (Å²) in [5.41, 5.74) is 1.17. The summed E-state index contributed by atoms with van der Waals surface area (Å²) in [6.07, 6.45) is 4.19. The van der Waals surface area contributed by atoms with E-state index in [-0.39, 0.29) is 17.6 Å². The minimum Gasteiger partial charge on any atom is -0.391 e. The van der Waals surface area contributed by atoms with Crippen molar-refractivity contribution in [3.05, 3.63) is 27.8 Å². The van der Waals surface area contributed by atoms with E-state index in [4.69, 9.17) is 0 Å². The van der Waals surface area contributed by atoms with Crippen molar-refractivity contribution in [3.8, 4) is 0 Å². The van der Waals surface area contributed by atoms with Crippen LogP contribution in [0.1, 0.15) is 49.4 Å². The standard InChI is InChI=1S/C19H28N4O4/c1-12-3-5-13(6-4-12)21-19(25)15-9-18(23(26)27)16(20-2)10-17(15)22-8-7-14(24)11-22/h9-10,12-14,20,24H,3-8,11H2,1-2H3,(H,21,25). The fourth-order valence-electron chi connectivity index (χ4n) is 4.00. The molecule has 1 saturated heterocycles. The lowest BCUT2D eigenvalue weighted by Crippen LogP contribution is -2.38. The first kappa shape index (κ1) is 19.4. The van der Waals surface area contributed by atoms with E-state index in [2.05, 4.69) is 17.6 Å². The molecule has 1 unspecified atom stereocenters. The molecule has 0 radical (unpaired) electrons. The minimum atomic E-state index is -0.479. The smallest absolute Gasteiger partial charge is 0.293 e. The molecular weight excluding hydrogens is 348 g/mol. The minimum absolute atomic E-state index is 0.105. The normalized spacial score (nSPS) is 25.3. The van der Waals surface area contributed by atoms with Crippen LogP contribution in [0.15, 0.2) is 12.1 Å². The fourth-order valence-corrected chi connectivity index (χ4v) is 4.00. The van der Waals surface area contributed by atoms with Crippen LogP contribution in [0.3, 0.4) is 0 Å². The molecule has 0 aromatic heterocycles. The summed E-state index contributed by atoms with van der Waals surface area (Å²) in [6, 6.07) is 3.11. The molecule has 1 saturated carbocycles. The number of hydrogen-bond donors (Lipinski definition) is 3. The van der Waals surface area contributed by atoms with Crippen molar-refractivity contribution in [3.63, 3.8) is 0 Å². The Hall–Kier alpha value is -2.35. The van der Waals surface area contributed by atoms with Gasteiger partial charge in [-0.15, -0.1) is 0 Å². The maximum absolute atomic E-state index is 13.0. The molecular formula is C19H28N4O4. The zero-order valence-corrected chi connectivity index (χ0v) is 15.9. The average molecular weight is 376 g/mol. The van der Waals surface area contributed by atoms with Gasteiger partial charge in [0.15, 0.2) is 0 Å². The number of nitro groups is 1. The molecule has 148 valence electrons. The van der Waals surface area contributed by atoms with Crippen LogP contribution in [0, 0.1) is 16.0 Å². The Labute approximate surface area is 159 Å². The van der Waals surface area contributed by atoms with Crippen LogP contribution in [0.2, 0.25) is 0 Å². The van der Waals surface area contributed by atoms with E-state index in [0.29, 0.717) is 42.4 Å². The van der Waals surface area contributed by atoms with Crippen LogP contribution in [0.25, 0.3) is 0 Å². The van der Waals surface area contributed by atoms with Gasteiger partial charge in [-0.05, 0) is 44.1 Å². The van der Waals surface area contributed by atoms with Gasteiger partial charge in [-0.25, -0.2) is 0 Å². The van der Waals surface area contributed by atoms with Crippen molar-refractivity contribution in [1.29, 1.82) is 0 Å². The van der Waals surface area contributed by atoms with Gasteiger partial charge in [0.25, 0.3) is 11.6 Å². The first-order valence-corrected chi connectivity index (χ1v) is 9.63. The van der Waals surface area contributed by atoms with E-state index in [1.165, 1.54) is 6.07 Å². The Bertz CT molecular complexity index is 716. The molecule has 0 spiro atoms. The van der Waals surface area contributed by atoms with Crippen molar-refractivity contribution in [2.45, 2.75) is 51.2 Å². The van der Waals surface area contributed by atoms with Gasteiger partial charge in [-0.3, -0.25) is 14.9 Å². The van der Waals surface area contributed by atoms with Gasteiger partial charge in [-0.2, -0.15) is 0 Å². The van der Waals surface area contributed by atoms with Gasteiger partial charge in [0.2, 0.25) is 0 Å². The summed E-state index contributed by atoms with van der Waals surface area (Å²) in [6.45, 7) is 3.25. The Morgan fingerprint density at radius 2 is 1.96 bits per heavy atom. The van der Waals surface area contributed by atoms with Gasteiger partial charge in [0.05, 0.1) is 22.3 Å². The number of rotatable bonds is 5. The maximum atomic E-state index is 13.0. The van der Waals surface area contributed by atoms with Crippen molar-refractivity contribution in [2.75, 3.05) is 30.4 Å². The highest BCUT2D eigenvalue weighted by Gasteiger charge is 2.29. The maximum Gasteiger partial charge on any atom is 0.293 e. The third-order valence-electron chi connectivity index (χ3n) is 5.68. The summed E-state index contributed by atoms with van der Waals surface area (Å²) < 4.78 is 0. The first-order valence-electron chi connectivity index (χ1n) is 9.63. The van der Waals surface area contributed by atoms with E-state index in [1.54, 1.807) is 13.1 Å². The van der Waals surface area contributed by atoms with E-state index in [1.807, 2.05) is 4.90 Å². The van der Waals surface area contributed by atoms with E-state index in [9.17, 15) is 20.0 Å². The Balaban J connectivity index is 1.91. The number of anilines is 2. The molecule has 27 heavy (non-hydrogen) atoms. The molecule has 2 aliphatic rings. The lowest BCUT2D eigenvalue weighted by molar-refractivity contribution is -0.383. The molecule has 1 atom stereocenters. The van der Waals surface area contributed by atoms with Crippen molar-refractivity contribution >= 4 is 23.0 Å². The molecule has 0 bridgehead atoms. The quantitative estimate of drug-likeness (QED) is 0.538. The van der Waals surface area contributed by atoms with Crippen molar-refractivity contribution in [1.82, 2.24) is 5.32 Å². The van der Waals surface area contributed by atoms with Crippen LogP contribution in [-0.2, 0) is 0 Å². The topological polar surface area (TPSA) is 108 Å². The number of carbonyl (C=O) groups is 1. The molecule has 1 amide bonds. The number of amides is 1. The predicted octanol–water partition coefficient (Wildman–Crippen LogP) is 2.52. The number of nitrogens with one attached hydrogen (secondary N) is 2. The molecule has 8 nitrogen and oxygen atoms in total. The number of carbonyl (C=O) groups excluding carboxylic acids is 1. The summed E-state index contributed by atoms with van der Waals surface area (Å²) in [7, 11) is 1.62. The van der Waals surface area contributed by atoms with Crippen molar-refractivity contribution < 1.29 is 14.8 Å². The van der Waals surface area contributed by atoms with Crippen LogP contribution in [-0.4, -0.2) is 48.2 Å². The Kier molecular flexibility index (Phi) is 5.84. The Morgan fingerprint density at radius 3 is 2.52 bits per heavy atom. The number of aliphatic hydroxyl groups is 1. The summed E-state index contributed by atoms with van der Waals surface area (Å²) in [5.74, 6) is 0.396. The highest BCUT2D eigenvalue weighted by atomic mass is 16.6. The van der Waals surface area contributed by atoms with Crippen molar-refractivity contribution in [2.24, 2.45) is 5.92 Å². The van der Waals surface area contributed by atoms with E-state index >= 15 is 0 Å². The van der Waals surface area contributed by atoms with E-state index in [0.717, 1.165) is 25.7 Å². The first-order chi connectivity index (χ1) is 12.9. The van der Waals surface area contributed by atoms with E-state index < -0.39 is 11.0 Å². The third kappa shape index (κ3) is 4.32. The fraction of sp³-hybridized carbons (Fsp3) is 0.632. The highest BCUT2D eigenvalue weighted by molar-refractivity contribution is 6.02. The van der Waals surface area contributed by atoms with Gasteiger partial charge in [0.1, 0.15) is 5.69 Å². The second-order valence-electron chi connectivity index (χ2n) is 7.71. The van der Waals surface area contributed by atoms with Gasteiger partial charge >= 0.3 is 0 Å². The van der Waals surface area contributed by atoms with Crippen LogP contribution in [0.4, 0.5) is 17.1 Å². The average Bonchev–Trinajstić information content (AvgIpc) is 3.08. The number of nitro benzene ring substituents is 1. The summed E-state index contributed by atoms with van der Waals surface area (Å²) in [5, 5.41) is 27.2. The second kappa shape index (κ2) is 8.12. The molecule has 8 heteroatoms. The Morgan fingerprint density at radius 1 is 1.26 bits per heavy atom. The molecule has 1 aromatic carbocycles. The number of aliphatic hydroxyl groups excluding tert-OH is 1. The van der Waals surface area contributed by atoms with Crippen LogP contribution >= 0.6 is 0 Å². The number of hydrogen-bond acceptors (Lipinski definition) is 6. The number of β-amino-alcohol motifs (C(OH)–C–C–N with tert-alkyl or cyclic N) is 1. The highest BCUT2D eigenvalue weighted by Crippen LogP contribution is 2.35. The molecule has 1 heterocycles. The zero-order valence-electron chi connectivity index (χ0n) is 15.9. The largest absolute Gasteiger partial charge is 0.391 e. The molecule has 1 aromatic rings. The summed E-state index contributed by atoms with van der Waals surface area (Å²) in [4.78, 5) is 25.9. The van der Waals surface area contributed by atoms with Crippen LogP contribution in [0.5, 0.6) is 0 Å². The predicted molar refractivity (Wildman–Crippen MR) is 104 cm³/mol. The molecule has 3 N–H and O–H groups in total. The van der Waals surface area contributed by atoms with Gasteiger partial charge in [-0.1, -0.05) is 6.92 Å². The van der Waals surface area contributed by atoms with Gasteiger partial charge in [0, 0.05) is 32.2 Å². The van der Waals surface area contributed by atoms with Gasteiger partial charge < -0.3 is 20.6 Å². The third-order valence-corrected chi connectivity index (χ3v) is 5.68. The second-order valence-corrected chi connectivity index (χ2v) is 7.71. The number of benzene rings is 1. The molecule has 1 aliphatic heterocycles. The lowest BCUT2D eigenvalue weighted by atomic mass is 9.87. The monoisotopic (exact) mass is 376 g/mol. The SMILES string of the molecule is CNc1cc(N2CCC(O)C2)c(C(=O)NC2CCC(C)CC2)cc1[N+](=O)[O-]. The molecule has 1 aliphatic carbocycles.